The van der Waals surface area contributed by atoms with E-state index < -0.39 is 5.54 Å². The quantitative estimate of drug-likeness (QED) is 0.700. The molecule has 6 heteroatoms. The highest BCUT2D eigenvalue weighted by Gasteiger charge is 2.38. The summed E-state index contributed by atoms with van der Waals surface area (Å²) in [5, 5.41) is 6.03. The number of rotatable bonds is 6. The fourth-order valence-electron chi connectivity index (χ4n) is 2.50. The molecule has 1 fully saturated rings. The van der Waals surface area contributed by atoms with Gasteiger partial charge in [0, 0.05) is 39.3 Å². The van der Waals surface area contributed by atoms with Crippen molar-refractivity contribution >= 4 is 11.8 Å². The number of nitrogens with zero attached hydrogens (tertiary/aromatic N) is 2. The lowest BCUT2D eigenvalue weighted by molar-refractivity contribution is -0.145. The van der Waals surface area contributed by atoms with E-state index in [1.165, 1.54) is 0 Å². The molecule has 1 aliphatic heterocycles. The van der Waals surface area contributed by atoms with Gasteiger partial charge in [0.25, 0.3) is 0 Å². The molecular weight excluding hydrogens is 256 g/mol. The average molecular weight is 284 g/mol. The molecule has 0 atom stereocenters. The van der Waals surface area contributed by atoms with E-state index >= 15 is 0 Å². The Hall–Kier alpha value is -1.14. The van der Waals surface area contributed by atoms with Crippen LogP contribution in [-0.4, -0.2) is 73.0 Å². The van der Waals surface area contributed by atoms with Crippen molar-refractivity contribution in [1.29, 1.82) is 0 Å². The second-order valence-corrected chi connectivity index (χ2v) is 5.57. The molecule has 116 valence electrons. The van der Waals surface area contributed by atoms with Gasteiger partial charge in [-0.3, -0.25) is 14.5 Å². The zero-order valence-electron chi connectivity index (χ0n) is 13.2. The van der Waals surface area contributed by atoms with Gasteiger partial charge in [0.1, 0.15) is 0 Å². The molecule has 0 aromatic rings. The molecule has 0 aromatic heterocycles. The molecule has 1 saturated heterocycles. The predicted octanol–water partition coefficient (Wildman–Crippen LogP) is -0.345. The van der Waals surface area contributed by atoms with Gasteiger partial charge in [0.2, 0.25) is 11.8 Å². The molecule has 0 radical (unpaired) electrons. The Kier molecular flexibility index (Phi) is 6.42. The lowest BCUT2D eigenvalue weighted by Gasteiger charge is -2.42. The molecule has 6 nitrogen and oxygen atoms in total. The Balaban J connectivity index is 2.70. The summed E-state index contributed by atoms with van der Waals surface area (Å²) in [4.78, 5) is 28.2. The van der Waals surface area contributed by atoms with E-state index in [1.807, 2.05) is 27.7 Å². The van der Waals surface area contributed by atoms with Crippen LogP contribution in [0.2, 0.25) is 0 Å². The Morgan fingerprint density at radius 1 is 1.25 bits per heavy atom. The normalized spacial score (nSPS) is 16.8. The van der Waals surface area contributed by atoms with Gasteiger partial charge in [-0.1, -0.05) is 0 Å². The molecular formula is C14H28N4O2. The zero-order valence-corrected chi connectivity index (χ0v) is 13.2. The third-order valence-electron chi connectivity index (χ3n) is 3.81. The Labute approximate surface area is 121 Å². The largest absolute Gasteiger partial charge is 0.355 e. The van der Waals surface area contributed by atoms with Crippen molar-refractivity contribution in [3.8, 4) is 0 Å². The van der Waals surface area contributed by atoms with Crippen LogP contribution in [0.15, 0.2) is 0 Å². The van der Waals surface area contributed by atoms with Gasteiger partial charge in [-0.15, -0.1) is 0 Å². The van der Waals surface area contributed by atoms with Gasteiger partial charge in [-0.25, -0.2) is 0 Å². The van der Waals surface area contributed by atoms with Crippen molar-refractivity contribution < 1.29 is 9.59 Å². The fraction of sp³-hybridized carbons (Fsp3) is 0.857. The van der Waals surface area contributed by atoms with Crippen LogP contribution >= 0.6 is 0 Å². The van der Waals surface area contributed by atoms with Crippen LogP contribution in [-0.2, 0) is 9.59 Å². The number of piperazine rings is 1. The summed E-state index contributed by atoms with van der Waals surface area (Å²) in [6.07, 6.45) is 0. The number of hydrogen-bond donors (Lipinski definition) is 2. The standard InChI is InChI=1S/C14H28N4O2/c1-5-16-12(19)11-17(6-2)13(20)14(3,4)18-9-7-15-8-10-18/h15H,5-11H2,1-4H3,(H,16,19). The molecule has 1 aliphatic rings. The van der Waals surface area contributed by atoms with E-state index in [-0.39, 0.29) is 18.4 Å². The van der Waals surface area contributed by atoms with Gasteiger partial charge >= 0.3 is 0 Å². The van der Waals surface area contributed by atoms with E-state index in [0.717, 1.165) is 26.2 Å². The Morgan fingerprint density at radius 3 is 2.35 bits per heavy atom. The number of likely N-dealkylation sites (N-methyl/N-ethyl adjacent to an activating group) is 2. The molecule has 0 bridgehead atoms. The van der Waals surface area contributed by atoms with E-state index in [2.05, 4.69) is 15.5 Å². The SMILES string of the molecule is CCNC(=O)CN(CC)C(=O)C(C)(C)N1CCNCC1. The predicted molar refractivity (Wildman–Crippen MR) is 79.5 cm³/mol. The van der Waals surface area contributed by atoms with E-state index in [9.17, 15) is 9.59 Å². The van der Waals surface area contributed by atoms with Gasteiger partial charge in [-0.05, 0) is 27.7 Å². The summed E-state index contributed by atoms with van der Waals surface area (Å²) in [6.45, 7) is 12.5. The number of nitrogens with one attached hydrogen (secondary N) is 2. The maximum atomic E-state index is 12.7. The summed E-state index contributed by atoms with van der Waals surface area (Å²) in [5.74, 6) is -0.0769. The molecule has 1 rings (SSSR count). The van der Waals surface area contributed by atoms with Crippen LogP contribution in [0.5, 0.6) is 0 Å². The number of carbonyl (C=O) groups excluding carboxylic acids is 2. The lowest BCUT2D eigenvalue weighted by atomic mass is 9.99. The lowest BCUT2D eigenvalue weighted by Crippen LogP contribution is -2.61. The van der Waals surface area contributed by atoms with Crippen LogP contribution in [0.25, 0.3) is 0 Å². The molecule has 0 aromatic carbocycles. The molecule has 20 heavy (non-hydrogen) atoms. The summed E-state index contributed by atoms with van der Waals surface area (Å²) in [7, 11) is 0. The highest BCUT2D eigenvalue weighted by molar-refractivity contribution is 5.89. The van der Waals surface area contributed by atoms with Gasteiger partial charge in [0.15, 0.2) is 0 Å². The second-order valence-electron chi connectivity index (χ2n) is 5.57. The van der Waals surface area contributed by atoms with Crippen LogP contribution in [0.4, 0.5) is 0 Å². The maximum Gasteiger partial charge on any atom is 0.242 e. The molecule has 1 heterocycles. The molecule has 0 aliphatic carbocycles. The minimum Gasteiger partial charge on any atom is -0.355 e. The second kappa shape index (κ2) is 7.59. The third-order valence-corrected chi connectivity index (χ3v) is 3.81. The maximum absolute atomic E-state index is 12.7. The molecule has 2 N–H and O–H groups in total. The van der Waals surface area contributed by atoms with Gasteiger partial charge in [0.05, 0.1) is 12.1 Å². The van der Waals surface area contributed by atoms with Crippen molar-refractivity contribution in [1.82, 2.24) is 20.4 Å². The smallest absolute Gasteiger partial charge is 0.242 e. The molecule has 0 saturated carbocycles. The summed E-state index contributed by atoms with van der Waals surface area (Å²) in [6, 6.07) is 0. The number of hydrogen-bond acceptors (Lipinski definition) is 4. The molecule has 0 spiro atoms. The first-order chi connectivity index (χ1) is 9.43. The van der Waals surface area contributed by atoms with Crippen LogP contribution < -0.4 is 10.6 Å². The van der Waals surface area contributed by atoms with E-state index in [4.69, 9.17) is 0 Å². The monoisotopic (exact) mass is 284 g/mol. The number of carbonyl (C=O) groups is 2. The first-order valence-corrected chi connectivity index (χ1v) is 7.45. The number of amides is 2. The minimum absolute atomic E-state index is 0.0214. The first kappa shape index (κ1) is 16.9. The van der Waals surface area contributed by atoms with E-state index in [0.29, 0.717) is 13.1 Å². The van der Waals surface area contributed by atoms with Crippen molar-refractivity contribution in [2.45, 2.75) is 33.2 Å². The first-order valence-electron chi connectivity index (χ1n) is 7.45. The Morgan fingerprint density at radius 2 is 1.85 bits per heavy atom. The van der Waals surface area contributed by atoms with Gasteiger partial charge < -0.3 is 15.5 Å². The zero-order chi connectivity index (χ0) is 15.2. The van der Waals surface area contributed by atoms with Crippen LogP contribution in [0.3, 0.4) is 0 Å². The highest BCUT2D eigenvalue weighted by Crippen LogP contribution is 2.18. The van der Waals surface area contributed by atoms with Gasteiger partial charge in [-0.2, -0.15) is 0 Å². The third kappa shape index (κ3) is 4.18. The summed E-state index contributed by atoms with van der Waals surface area (Å²) < 4.78 is 0. The highest BCUT2D eigenvalue weighted by atomic mass is 16.2. The topological polar surface area (TPSA) is 64.7 Å². The van der Waals surface area contributed by atoms with Crippen LogP contribution in [0, 0.1) is 0 Å². The Bertz CT molecular complexity index is 338. The van der Waals surface area contributed by atoms with E-state index in [1.54, 1.807) is 4.90 Å². The van der Waals surface area contributed by atoms with Crippen molar-refractivity contribution in [2.24, 2.45) is 0 Å². The van der Waals surface area contributed by atoms with Crippen LogP contribution in [0.1, 0.15) is 27.7 Å². The van der Waals surface area contributed by atoms with Crippen molar-refractivity contribution in [3.63, 3.8) is 0 Å². The minimum atomic E-state index is -0.565. The van der Waals surface area contributed by atoms with Crippen molar-refractivity contribution in [3.05, 3.63) is 0 Å². The summed E-state index contributed by atoms with van der Waals surface area (Å²) in [5.41, 5.74) is -0.565. The van der Waals surface area contributed by atoms with Crippen molar-refractivity contribution in [2.75, 3.05) is 45.8 Å². The molecule has 2 amide bonds. The average Bonchev–Trinajstić information content (AvgIpc) is 2.45. The summed E-state index contributed by atoms with van der Waals surface area (Å²) >= 11 is 0. The molecule has 0 unspecified atom stereocenters. The fourth-order valence-corrected chi connectivity index (χ4v) is 2.50.